The molecule has 3 heterocycles. The van der Waals surface area contributed by atoms with Gasteiger partial charge in [0.05, 0.1) is 0 Å². The number of nitrogens with zero attached hydrogens (tertiary/aromatic N) is 3. The van der Waals surface area contributed by atoms with Crippen LogP contribution < -0.4 is 5.43 Å². The summed E-state index contributed by atoms with van der Waals surface area (Å²) in [6, 6.07) is 4.07. The zero-order valence-electron chi connectivity index (χ0n) is 9.14. The molecule has 0 radical (unpaired) electrons. The quantitative estimate of drug-likeness (QED) is 0.819. The Morgan fingerprint density at radius 2 is 2.38 bits per heavy atom. The Kier molecular flexibility index (Phi) is 2.15. The maximum atomic E-state index is 4.57. The molecule has 0 fully saturated rings. The number of hydrogen-bond donors (Lipinski definition) is 1. The first kappa shape index (κ1) is 9.74. The number of fused-ring (bicyclic) bond motifs is 1. The van der Waals surface area contributed by atoms with Gasteiger partial charge in [0.25, 0.3) is 0 Å². The summed E-state index contributed by atoms with van der Waals surface area (Å²) in [5, 5.41) is 5.36. The van der Waals surface area contributed by atoms with Crippen molar-refractivity contribution in [2.24, 2.45) is 4.99 Å². The lowest BCUT2D eigenvalue weighted by molar-refractivity contribution is 0.244. The first-order valence-electron chi connectivity index (χ1n) is 5.12. The van der Waals surface area contributed by atoms with Crippen molar-refractivity contribution in [3.05, 3.63) is 29.3 Å². The van der Waals surface area contributed by atoms with Gasteiger partial charge in [0.2, 0.25) is 0 Å². The van der Waals surface area contributed by atoms with Gasteiger partial charge in [-0.05, 0) is 19.1 Å². The average Bonchev–Trinajstić information content (AvgIpc) is 2.81. The summed E-state index contributed by atoms with van der Waals surface area (Å²) >= 11 is 1.67. The summed E-state index contributed by atoms with van der Waals surface area (Å²) in [7, 11) is 2.00. The third kappa shape index (κ3) is 1.40. The van der Waals surface area contributed by atoms with Gasteiger partial charge in [-0.1, -0.05) is 0 Å². The standard InChI is InChI=1S/C11H12N4S/c1-7-13-10(15(2)14-7)9-6-16-11-8(9)4-3-5-12-11/h3-6,10H,1-2H3,(H,13,14). The highest BCUT2D eigenvalue weighted by molar-refractivity contribution is 7.16. The number of hydrogen-bond acceptors (Lipinski definition) is 5. The lowest BCUT2D eigenvalue weighted by atomic mass is 10.2. The van der Waals surface area contributed by atoms with Gasteiger partial charge in [0.1, 0.15) is 16.8 Å². The van der Waals surface area contributed by atoms with Gasteiger partial charge in [0.15, 0.2) is 0 Å². The molecule has 0 aliphatic carbocycles. The molecule has 3 rings (SSSR count). The first-order chi connectivity index (χ1) is 7.75. The molecular weight excluding hydrogens is 220 g/mol. The zero-order chi connectivity index (χ0) is 11.1. The van der Waals surface area contributed by atoms with E-state index in [1.807, 2.05) is 31.2 Å². The monoisotopic (exact) mass is 232 g/mol. The number of amidine groups is 1. The fraction of sp³-hybridized carbons (Fsp3) is 0.273. The van der Waals surface area contributed by atoms with E-state index >= 15 is 0 Å². The van der Waals surface area contributed by atoms with Gasteiger partial charge in [-0.15, -0.1) is 11.3 Å². The summed E-state index contributed by atoms with van der Waals surface area (Å²) < 4.78 is 0. The van der Waals surface area contributed by atoms with Gasteiger partial charge in [-0.3, -0.25) is 0 Å². The van der Waals surface area contributed by atoms with Gasteiger partial charge >= 0.3 is 0 Å². The summed E-state index contributed by atoms with van der Waals surface area (Å²) in [4.78, 5) is 10.00. The molecule has 1 unspecified atom stereocenters. The maximum Gasteiger partial charge on any atom is 0.147 e. The van der Waals surface area contributed by atoms with E-state index in [2.05, 4.69) is 26.8 Å². The van der Waals surface area contributed by atoms with Gasteiger partial charge in [-0.25, -0.2) is 9.98 Å². The highest BCUT2D eigenvalue weighted by Gasteiger charge is 2.24. The number of hydrazine groups is 1. The smallest absolute Gasteiger partial charge is 0.147 e. The van der Waals surface area contributed by atoms with Crippen LogP contribution in [0.15, 0.2) is 28.7 Å². The molecule has 2 aromatic heterocycles. The zero-order valence-corrected chi connectivity index (χ0v) is 9.95. The van der Waals surface area contributed by atoms with Crippen molar-refractivity contribution < 1.29 is 0 Å². The normalized spacial score (nSPS) is 21.1. The van der Waals surface area contributed by atoms with Crippen molar-refractivity contribution >= 4 is 27.4 Å². The Morgan fingerprint density at radius 3 is 3.12 bits per heavy atom. The Morgan fingerprint density at radius 1 is 1.50 bits per heavy atom. The predicted molar refractivity (Wildman–Crippen MR) is 66.4 cm³/mol. The molecule has 82 valence electrons. The molecule has 0 saturated carbocycles. The number of rotatable bonds is 1. The molecule has 0 spiro atoms. The molecule has 16 heavy (non-hydrogen) atoms. The number of pyridine rings is 1. The third-order valence-electron chi connectivity index (χ3n) is 2.68. The maximum absolute atomic E-state index is 4.57. The fourth-order valence-electron chi connectivity index (χ4n) is 1.98. The number of thiophene rings is 1. The minimum atomic E-state index is 0.0675. The van der Waals surface area contributed by atoms with Crippen LogP contribution in [0.3, 0.4) is 0 Å². The number of nitrogens with one attached hydrogen (secondary N) is 1. The molecule has 0 amide bonds. The van der Waals surface area contributed by atoms with E-state index in [0.29, 0.717) is 0 Å². The van der Waals surface area contributed by atoms with Crippen molar-refractivity contribution in [3.63, 3.8) is 0 Å². The lowest BCUT2D eigenvalue weighted by Crippen LogP contribution is -2.32. The van der Waals surface area contributed by atoms with E-state index < -0.39 is 0 Å². The molecule has 1 N–H and O–H groups in total. The minimum Gasteiger partial charge on any atom is -0.305 e. The van der Waals surface area contributed by atoms with E-state index in [0.717, 1.165) is 10.7 Å². The van der Waals surface area contributed by atoms with Crippen LogP contribution in [0.1, 0.15) is 18.7 Å². The molecule has 5 heteroatoms. The van der Waals surface area contributed by atoms with Crippen LogP contribution in [0.25, 0.3) is 10.2 Å². The summed E-state index contributed by atoms with van der Waals surface area (Å²) in [6.45, 7) is 1.98. The molecule has 0 aromatic carbocycles. The van der Waals surface area contributed by atoms with Crippen molar-refractivity contribution in [2.45, 2.75) is 13.1 Å². The third-order valence-corrected chi connectivity index (χ3v) is 3.60. The molecular formula is C11H12N4S. The molecule has 0 bridgehead atoms. The highest BCUT2D eigenvalue weighted by Crippen LogP contribution is 2.33. The topological polar surface area (TPSA) is 40.5 Å². The van der Waals surface area contributed by atoms with Gasteiger partial charge in [-0.2, -0.15) is 5.01 Å². The predicted octanol–water partition coefficient (Wildman–Crippen LogP) is 2.16. The second-order valence-electron chi connectivity index (χ2n) is 3.86. The Bertz CT molecular complexity index is 560. The largest absolute Gasteiger partial charge is 0.305 e. The highest BCUT2D eigenvalue weighted by atomic mass is 32.1. The number of aromatic nitrogens is 1. The Labute approximate surface area is 97.6 Å². The van der Waals surface area contributed by atoms with Crippen molar-refractivity contribution in [3.8, 4) is 0 Å². The van der Waals surface area contributed by atoms with Crippen LogP contribution in [-0.2, 0) is 0 Å². The second-order valence-corrected chi connectivity index (χ2v) is 4.72. The van der Waals surface area contributed by atoms with E-state index in [1.165, 1.54) is 10.9 Å². The van der Waals surface area contributed by atoms with E-state index in [1.54, 1.807) is 11.3 Å². The molecule has 1 aliphatic heterocycles. The molecule has 4 nitrogen and oxygen atoms in total. The van der Waals surface area contributed by atoms with Crippen LogP contribution in [0.5, 0.6) is 0 Å². The van der Waals surface area contributed by atoms with Crippen LogP contribution in [0.2, 0.25) is 0 Å². The van der Waals surface area contributed by atoms with Crippen LogP contribution >= 0.6 is 11.3 Å². The van der Waals surface area contributed by atoms with Crippen LogP contribution in [0.4, 0.5) is 0 Å². The van der Waals surface area contributed by atoms with Crippen LogP contribution in [0, 0.1) is 0 Å². The van der Waals surface area contributed by atoms with Crippen LogP contribution in [-0.4, -0.2) is 22.9 Å². The minimum absolute atomic E-state index is 0.0675. The van der Waals surface area contributed by atoms with Crippen molar-refractivity contribution in [2.75, 3.05) is 7.05 Å². The van der Waals surface area contributed by atoms with Crippen molar-refractivity contribution in [1.29, 1.82) is 0 Å². The molecule has 2 aromatic rings. The number of aliphatic imine (C=N–C) groups is 1. The first-order valence-corrected chi connectivity index (χ1v) is 5.99. The van der Waals surface area contributed by atoms with Gasteiger partial charge in [0, 0.05) is 29.6 Å². The SMILES string of the molecule is CC1=NC(c2csc3ncccc23)N(C)N1. The van der Waals surface area contributed by atoms with E-state index in [4.69, 9.17) is 0 Å². The van der Waals surface area contributed by atoms with Crippen molar-refractivity contribution in [1.82, 2.24) is 15.4 Å². The summed E-state index contributed by atoms with van der Waals surface area (Å²) in [6.07, 6.45) is 1.89. The Balaban J connectivity index is 2.13. The van der Waals surface area contributed by atoms with E-state index in [9.17, 15) is 0 Å². The molecule has 1 aliphatic rings. The molecule has 1 atom stereocenters. The summed E-state index contributed by atoms with van der Waals surface area (Å²) in [5.41, 5.74) is 4.41. The average molecular weight is 232 g/mol. The fourth-order valence-corrected chi connectivity index (χ4v) is 2.90. The van der Waals surface area contributed by atoms with E-state index in [-0.39, 0.29) is 6.17 Å². The summed E-state index contributed by atoms with van der Waals surface area (Å²) in [5.74, 6) is 0.954. The lowest BCUT2D eigenvalue weighted by Gasteiger charge is -2.17. The van der Waals surface area contributed by atoms with Gasteiger partial charge < -0.3 is 5.43 Å². The second kappa shape index (κ2) is 3.54. The Hall–Kier alpha value is -1.46. The molecule has 0 saturated heterocycles.